The highest BCUT2D eigenvalue weighted by molar-refractivity contribution is 5.25. The normalized spacial score (nSPS) is 13.7. The van der Waals surface area contributed by atoms with E-state index in [0.29, 0.717) is 0 Å². The highest BCUT2D eigenvalue weighted by Crippen LogP contribution is 2.25. The van der Waals surface area contributed by atoms with Crippen molar-refractivity contribution >= 4 is 0 Å². The Labute approximate surface area is 116 Å². The summed E-state index contributed by atoms with van der Waals surface area (Å²) in [6, 6.07) is 21.0. The van der Waals surface area contributed by atoms with Gasteiger partial charge in [0.2, 0.25) is 0 Å². The molecule has 0 heterocycles. The van der Waals surface area contributed by atoms with Crippen LogP contribution < -0.4 is 5.32 Å². The van der Waals surface area contributed by atoms with E-state index in [2.05, 4.69) is 73.4 Å². The molecular formula is C18H21N. The maximum atomic E-state index is 3.89. The van der Waals surface area contributed by atoms with Gasteiger partial charge >= 0.3 is 0 Å². The van der Waals surface area contributed by atoms with E-state index in [-0.39, 0.29) is 5.54 Å². The molecule has 1 heteroatoms. The van der Waals surface area contributed by atoms with Crippen molar-refractivity contribution in [2.75, 3.05) is 0 Å². The lowest BCUT2D eigenvalue weighted by atomic mass is 9.88. The molecule has 0 fully saturated rings. The zero-order chi connectivity index (χ0) is 13.6. The largest absolute Gasteiger partial charge is 0.303 e. The lowest BCUT2D eigenvalue weighted by molar-refractivity contribution is 0.367. The molecule has 0 saturated carbocycles. The molecule has 0 aliphatic heterocycles. The topological polar surface area (TPSA) is 12.0 Å². The second-order valence-electron chi connectivity index (χ2n) is 5.03. The van der Waals surface area contributed by atoms with Crippen molar-refractivity contribution in [3.05, 3.63) is 84.4 Å². The molecule has 2 aromatic rings. The predicted octanol–water partition coefficient (Wildman–Crippen LogP) is 4.27. The van der Waals surface area contributed by atoms with Crippen LogP contribution in [0.4, 0.5) is 0 Å². The SMILES string of the molecule is C=CC[C@](C)(NCc1ccccc1)c1ccccc1. The first-order valence-electron chi connectivity index (χ1n) is 6.70. The Morgan fingerprint density at radius 3 is 2.16 bits per heavy atom. The first-order valence-corrected chi connectivity index (χ1v) is 6.70. The van der Waals surface area contributed by atoms with E-state index >= 15 is 0 Å². The Balaban J connectivity index is 2.14. The Bertz CT molecular complexity index is 504. The third kappa shape index (κ3) is 3.55. The third-order valence-electron chi connectivity index (χ3n) is 3.49. The first-order chi connectivity index (χ1) is 9.24. The van der Waals surface area contributed by atoms with Crippen molar-refractivity contribution in [3.63, 3.8) is 0 Å². The second-order valence-corrected chi connectivity index (χ2v) is 5.03. The van der Waals surface area contributed by atoms with Gasteiger partial charge in [0.05, 0.1) is 0 Å². The zero-order valence-corrected chi connectivity index (χ0v) is 11.5. The van der Waals surface area contributed by atoms with Crippen molar-refractivity contribution in [3.8, 4) is 0 Å². The van der Waals surface area contributed by atoms with Crippen molar-refractivity contribution in [2.24, 2.45) is 0 Å². The third-order valence-corrected chi connectivity index (χ3v) is 3.49. The molecule has 0 saturated heterocycles. The Morgan fingerprint density at radius 1 is 1.00 bits per heavy atom. The summed E-state index contributed by atoms with van der Waals surface area (Å²) in [6.45, 7) is 6.98. The van der Waals surface area contributed by atoms with Crippen molar-refractivity contribution in [2.45, 2.75) is 25.4 Å². The maximum Gasteiger partial charge on any atom is 0.0443 e. The summed E-state index contributed by atoms with van der Waals surface area (Å²) >= 11 is 0. The summed E-state index contributed by atoms with van der Waals surface area (Å²) in [5.41, 5.74) is 2.53. The van der Waals surface area contributed by atoms with Gasteiger partial charge in [0, 0.05) is 12.1 Å². The standard InChI is InChI=1S/C18H21N/c1-3-14-18(2,17-12-8-5-9-13-17)19-15-16-10-6-4-7-11-16/h3-13,19H,1,14-15H2,2H3/t18-/m0/s1. The molecule has 0 aromatic heterocycles. The number of rotatable bonds is 6. The Morgan fingerprint density at radius 2 is 1.58 bits per heavy atom. The minimum Gasteiger partial charge on any atom is -0.303 e. The van der Waals surface area contributed by atoms with Gasteiger partial charge in [-0.1, -0.05) is 66.7 Å². The van der Waals surface area contributed by atoms with Crippen LogP contribution in [0.3, 0.4) is 0 Å². The first kappa shape index (κ1) is 13.6. The van der Waals surface area contributed by atoms with Crippen LogP contribution >= 0.6 is 0 Å². The molecule has 98 valence electrons. The van der Waals surface area contributed by atoms with Crippen molar-refractivity contribution in [1.82, 2.24) is 5.32 Å². The van der Waals surface area contributed by atoms with Crippen molar-refractivity contribution < 1.29 is 0 Å². The molecular weight excluding hydrogens is 230 g/mol. The zero-order valence-electron chi connectivity index (χ0n) is 11.5. The lowest BCUT2D eigenvalue weighted by Gasteiger charge is -2.31. The van der Waals surface area contributed by atoms with Crippen LogP contribution in [0, 0.1) is 0 Å². The molecule has 0 spiro atoms. The Hall–Kier alpha value is -1.86. The summed E-state index contributed by atoms with van der Waals surface area (Å²) in [5.74, 6) is 0. The highest BCUT2D eigenvalue weighted by atomic mass is 15.0. The fourth-order valence-corrected chi connectivity index (χ4v) is 2.28. The summed E-state index contributed by atoms with van der Waals surface area (Å²) in [7, 11) is 0. The van der Waals surface area contributed by atoms with E-state index in [1.807, 2.05) is 12.1 Å². The van der Waals surface area contributed by atoms with Crippen LogP contribution in [0.25, 0.3) is 0 Å². The molecule has 0 bridgehead atoms. The van der Waals surface area contributed by atoms with Gasteiger partial charge in [0.15, 0.2) is 0 Å². The van der Waals surface area contributed by atoms with E-state index in [1.54, 1.807) is 0 Å². The average Bonchev–Trinajstić information content (AvgIpc) is 2.48. The molecule has 2 aromatic carbocycles. The maximum absolute atomic E-state index is 3.89. The molecule has 2 rings (SSSR count). The van der Waals surface area contributed by atoms with Gasteiger partial charge < -0.3 is 5.32 Å². The summed E-state index contributed by atoms with van der Waals surface area (Å²) in [4.78, 5) is 0. The van der Waals surface area contributed by atoms with E-state index in [9.17, 15) is 0 Å². The molecule has 1 atom stereocenters. The average molecular weight is 251 g/mol. The monoisotopic (exact) mass is 251 g/mol. The van der Waals surface area contributed by atoms with Gasteiger partial charge in [-0.2, -0.15) is 0 Å². The van der Waals surface area contributed by atoms with Gasteiger partial charge in [0.25, 0.3) is 0 Å². The smallest absolute Gasteiger partial charge is 0.0443 e. The number of nitrogens with one attached hydrogen (secondary N) is 1. The predicted molar refractivity (Wildman–Crippen MR) is 81.9 cm³/mol. The molecule has 0 radical (unpaired) electrons. The number of hydrogen-bond acceptors (Lipinski definition) is 1. The van der Waals surface area contributed by atoms with Crippen LogP contribution in [-0.4, -0.2) is 0 Å². The van der Waals surface area contributed by atoms with E-state index in [4.69, 9.17) is 0 Å². The fraction of sp³-hybridized carbons (Fsp3) is 0.222. The molecule has 1 N–H and O–H groups in total. The number of benzene rings is 2. The quantitative estimate of drug-likeness (QED) is 0.756. The van der Waals surface area contributed by atoms with E-state index < -0.39 is 0 Å². The Kier molecular flexibility index (Phi) is 4.53. The van der Waals surface area contributed by atoms with Crippen LogP contribution in [-0.2, 0) is 12.1 Å². The van der Waals surface area contributed by atoms with Crippen LogP contribution in [0.5, 0.6) is 0 Å². The van der Waals surface area contributed by atoms with Gasteiger partial charge in [-0.25, -0.2) is 0 Å². The van der Waals surface area contributed by atoms with Crippen LogP contribution in [0.15, 0.2) is 73.3 Å². The lowest BCUT2D eigenvalue weighted by Crippen LogP contribution is -2.38. The minimum atomic E-state index is -0.0706. The summed E-state index contributed by atoms with van der Waals surface area (Å²) in [6.07, 6.45) is 2.88. The molecule has 0 aliphatic carbocycles. The van der Waals surface area contributed by atoms with E-state index in [0.717, 1.165) is 13.0 Å². The summed E-state index contributed by atoms with van der Waals surface area (Å²) < 4.78 is 0. The van der Waals surface area contributed by atoms with E-state index in [1.165, 1.54) is 11.1 Å². The van der Waals surface area contributed by atoms with Gasteiger partial charge in [-0.15, -0.1) is 6.58 Å². The molecule has 0 amide bonds. The molecule has 1 nitrogen and oxygen atoms in total. The van der Waals surface area contributed by atoms with Crippen LogP contribution in [0.1, 0.15) is 24.5 Å². The molecule has 0 unspecified atom stereocenters. The molecule has 19 heavy (non-hydrogen) atoms. The molecule has 0 aliphatic rings. The van der Waals surface area contributed by atoms with Gasteiger partial charge in [-0.3, -0.25) is 0 Å². The van der Waals surface area contributed by atoms with Gasteiger partial charge in [-0.05, 0) is 24.5 Å². The van der Waals surface area contributed by atoms with Crippen molar-refractivity contribution in [1.29, 1.82) is 0 Å². The highest BCUT2D eigenvalue weighted by Gasteiger charge is 2.23. The fourth-order valence-electron chi connectivity index (χ4n) is 2.28. The summed E-state index contributed by atoms with van der Waals surface area (Å²) in [5, 5.41) is 3.66. The number of hydrogen-bond donors (Lipinski definition) is 1. The van der Waals surface area contributed by atoms with Gasteiger partial charge in [0.1, 0.15) is 0 Å². The second kappa shape index (κ2) is 6.35. The minimum absolute atomic E-state index is 0.0706. The van der Waals surface area contributed by atoms with Crippen LogP contribution in [0.2, 0.25) is 0 Å².